The Morgan fingerprint density at radius 2 is 2.26 bits per heavy atom. The lowest BCUT2D eigenvalue weighted by Crippen LogP contribution is -2.62. The molecule has 5 aliphatic rings. The Bertz CT molecular complexity index is 799. The zero-order valence-corrected chi connectivity index (χ0v) is 15.6. The number of nitrogens with one attached hydrogen (secondary N) is 2. The fraction of sp³-hybridized carbons (Fsp3) is 0.650. The maximum atomic E-state index is 13.2. The first kappa shape index (κ1) is 17.4. The molecule has 0 radical (unpaired) electrons. The van der Waals surface area contributed by atoms with Gasteiger partial charge in [-0.1, -0.05) is 6.07 Å². The summed E-state index contributed by atoms with van der Waals surface area (Å²) in [5.74, 6) is 0.925. The highest BCUT2D eigenvalue weighted by Crippen LogP contribution is 2.57. The van der Waals surface area contributed by atoms with Gasteiger partial charge in [-0.3, -0.25) is 4.79 Å². The summed E-state index contributed by atoms with van der Waals surface area (Å²) in [4.78, 5) is 13.2. The van der Waals surface area contributed by atoms with Crippen molar-refractivity contribution in [1.29, 1.82) is 0 Å². The van der Waals surface area contributed by atoms with E-state index in [0.29, 0.717) is 25.2 Å². The topological polar surface area (TPSA) is 100 Å². The number of hydrogen-bond acceptors (Lipinski definition) is 6. The summed E-state index contributed by atoms with van der Waals surface area (Å²) in [6, 6.07) is 5.72. The Morgan fingerprint density at radius 1 is 1.44 bits per heavy atom. The van der Waals surface area contributed by atoms with Crippen molar-refractivity contribution in [3.05, 3.63) is 23.8 Å². The van der Waals surface area contributed by atoms with Gasteiger partial charge in [0.15, 0.2) is 0 Å². The Kier molecular flexibility index (Phi) is 3.66. The van der Waals surface area contributed by atoms with Gasteiger partial charge in [0.2, 0.25) is 5.91 Å². The number of ether oxygens (including phenoxy) is 2. The Hall–Kier alpha value is -1.67. The summed E-state index contributed by atoms with van der Waals surface area (Å²) < 4.78 is 11.5. The fourth-order valence-corrected chi connectivity index (χ4v) is 6.14. The van der Waals surface area contributed by atoms with Crippen LogP contribution in [-0.4, -0.2) is 60.2 Å². The normalized spacial score (nSPS) is 42.7. The molecule has 1 aliphatic carbocycles. The largest absolute Gasteiger partial charge is 0.497 e. The molecule has 1 aromatic carbocycles. The van der Waals surface area contributed by atoms with Crippen LogP contribution in [0, 0.1) is 11.8 Å². The van der Waals surface area contributed by atoms with E-state index in [1.54, 1.807) is 14.0 Å². The van der Waals surface area contributed by atoms with Crippen molar-refractivity contribution in [3.8, 4) is 5.75 Å². The molecule has 4 aliphatic heterocycles. The van der Waals surface area contributed by atoms with Crippen LogP contribution in [0.15, 0.2) is 18.2 Å². The number of anilines is 1. The van der Waals surface area contributed by atoms with Crippen molar-refractivity contribution >= 4 is 11.6 Å². The lowest BCUT2D eigenvalue weighted by Gasteiger charge is -2.46. The molecule has 4 heterocycles. The predicted octanol–water partition coefficient (Wildman–Crippen LogP) is 0.394. The molecular weight excluding hydrogens is 348 g/mol. The first-order chi connectivity index (χ1) is 13.0. The van der Waals surface area contributed by atoms with Crippen LogP contribution < -0.4 is 15.4 Å². The molecule has 4 fully saturated rings. The van der Waals surface area contributed by atoms with E-state index < -0.39 is 17.1 Å². The second kappa shape index (κ2) is 5.67. The minimum Gasteiger partial charge on any atom is -0.497 e. The van der Waals surface area contributed by atoms with Gasteiger partial charge in [-0.05, 0) is 37.3 Å². The van der Waals surface area contributed by atoms with Crippen molar-refractivity contribution in [1.82, 2.24) is 5.32 Å². The first-order valence-corrected chi connectivity index (χ1v) is 9.64. The number of hydrogen-bond donors (Lipinski definition) is 4. The third-order valence-corrected chi connectivity index (χ3v) is 7.57. The van der Waals surface area contributed by atoms with E-state index in [-0.39, 0.29) is 36.5 Å². The van der Waals surface area contributed by atoms with Crippen LogP contribution in [-0.2, 0) is 14.9 Å². The van der Waals surface area contributed by atoms with Crippen LogP contribution in [0.5, 0.6) is 5.75 Å². The van der Waals surface area contributed by atoms with Gasteiger partial charge < -0.3 is 30.3 Å². The lowest BCUT2D eigenvalue weighted by atomic mass is 9.68. The van der Waals surface area contributed by atoms with E-state index in [1.165, 1.54) is 0 Å². The summed E-state index contributed by atoms with van der Waals surface area (Å²) in [6.07, 6.45) is 0.281. The zero-order valence-electron chi connectivity index (χ0n) is 15.6. The molecule has 7 atom stereocenters. The van der Waals surface area contributed by atoms with E-state index in [4.69, 9.17) is 9.47 Å². The number of benzene rings is 1. The standard InChI is InChI=1S/C20H26N2O5/c1-10(24)20(9-23)14-6-17-19(7-16(22-20)12(14)8-27-17)13-4-3-11(26-2)5-15(13)21-18(19)25/h3-5,10,12,14,16-17,22-24H,6-9H2,1-2H3,(H,21,25)/t10-,12+,14-,16+,17-,19+,20-/m1/s1. The molecule has 1 saturated carbocycles. The fourth-order valence-electron chi connectivity index (χ4n) is 6.14. The van der Waals surface area contributed by atoms with Crippen LogP contribution in [0.25, 0.3) is 0 Å². The maximum absolute atomic E-state index is 13.2. The summed E-state index contributed by atoms with van der Waals surface area (Å²) in [5.41, 5.74) is 0.271. The first-order valence-electron chi connectivity index (χ1n) is 9.64. The van der Waals surface area contributed by atoms with Crippen molar-refractivity contribution in [2.24, 2.45) is 11.8 Å². The average molecular weight is 374 g/mol. The van der Waals surface area contributed by atoms with Gasteiger partial charge in [-0.25, -0.2) is 0 Å². The average Bonchev–Trinajstić information content (AvgIpc) is 3.02. The Balaban J connectivity index is 1.60. The molecule has 3 saturated heterocycles. The number of amides is 1. The highest BCUT2D eigenvalue weighted by Gasteiger charge is 2.67. The van der Waals surface area contributed by atoms with E-state index in [1.807, 2.05) is 18.2 Å². The second-order valence-corrected chi connectivity index (χ2v) is 8.49. The van der Waals surface area contributed by atoms with Crippen molar-refractivity contribution in [3.63, 3.8) is 0 Å². The maximum Gasteiger partial charge on any atom is 0.237 e. The van der Waals surface area contributed by atoms with E-state index in [0.717, 1.165) is 11.3 Å². The molecule has 1 amide bonds. The molecule has 7 heteroatoms. The Labute approximate surface area is 158 Å². The second-order valence-electron chi connectivity index (χ2n) is 8.49. The molecule has 4 bridgehead atoms. The smallest absolute Gasteiger partial charge is 0.237 e. The van der Waals surface area contributed by atoms with Gasteiger partial charge in [-0.2, -0.15) is 0 Å². The molecule has 1 aromatic rings. The van der Waals surface area contributed by atoms with Crippen molar-refractivity contribution < 1.29 is 24.5 Å². The molecule has 4 N–H and O–H groups in total. The number of aliphatic hydroxyl groups excluding tert-OH is 2. The number of carbonyl (C=O) groups excluding carboxylic acids is 1. The summed E-state index contributed by atoms with van der Waals surface area (Å²) in [5, 5.41) is 27.1. The predicted molar refractivity (Wildman–Crippen MR) is 97.7 cm³/mol. The van der Waals surface area contributed by atoms with Gasteiger partial charge in [0.25, 0.3) is 0 Å². The van der Waals surface area contributed by atoms with Crippen LogP contribution in [0.3, 0.4) is 0 Å². The van der Waals surface area contributed by atoms with E-state index >= 15 is 0 Å². The molecule has 7 nitrogen and oxygen atoms in total. The van der Waals surface area contributed by atoms with E-state index in [2.05, 4.69) is 10.6 Å². The molecule has 27 heavy (non-hydrogen) atoms. The third kappa shape index (κ3) is 2.03. The molecule has 1 spiro atoms. The molecule has 0 aromatic heterocycles. The van der Waals surface area contributed by atoms with Gasteiger partial charge in [0.05, 0.1) is 38.1 Å². The summed E-state index contributed by atoms with van der Waals surface area (Å²) >= 11 is 0. The number of carbonyl (C=O) groups is 1. The number of methoxy groups -OCH3 is 1. The van der Waals surface area contributed by atoms with Crippen molar-refractivity contribution in [2.45, 2.75) is 49.0 Å². The Morgan fingerprint density at radius 3 is 2.96 bits per heavy atom. The number of rotatable bonds is 3. The molecular formula is C20H26N2O5. The monoisotopic (exact) mass is 374 g/mol. The number of fused-ring (bicyclic) bond motifs is 2. The highest BCUT2D eigenvalue weighted by molar-refractivity contribution is 6.07. The zero-order chi connectivity index (χ0) is 19.0. The van der Waals surface area contributed by atoms with Crippen LogP contribution in [0.4, 0.5) is 5.69 Å². The molecule has 6 rings (SSSR count). The SMILES string of the molecule is COc1ccc2c(c1)NC(=O)[C@@]21C[C@@H]2N[C@](CO)([C@@H](C)O)[C@@H]3C[C@H]1OC[C@H]23. The van der Waals surface area contributed by atoms with E-state index in [9.17, 15) is 15.0 Å². The van der Waals surface area contributed by atoms with Crippen LogP contribution in [0.1, 0.15) is 25.3 Å². The van der Waals surface area contributed by atoms with Gasteiger partial charge >= 0.3 is 0 Å². The van der Waals surface area contributed by atoms with Crippen molar-refractivity contribution in [2.75, 3.05) is 25.6 Å². The van der Waals surface area contributed by atoms with Crippen LogP contribution in [0.2, 0.25) is 0 Å². The minimum absolute atomic E-state index is 0.00283. The highest BCUT2D eigenvalue weighted by atomic mass is 16.5. The summed E-state index contributed by atoms with van der Waals surface area (Å²) in [7, 11) is 1.61. The quantitative estimate of drug-likeness (QED) is 0.611. The van der Waals surface area contributed by atoms with Gasteiger partial charge in [-0.15, -0.1) is 0 Å². The van der Waals surface area contributed by atoms with Crippen LogP contribution >= 0.6 is 0 Å². The minimum atomic E-state index is -0.747. The third-order valence-electron chi connectivity index (χ3n) is 7.57. The lowest BCUT2D eigenvalue weighted by molar-refractivity contribution is -0.133. The molecule has 0 unspecified atom stereocenters. The number of aliphatic hydroxyl groups is 2. The van der Waals surface area contributed by atoms with Gasteiger partial charge in [0, 0.05) is 23.7 Å². The summed E-state index contributed by atoms with van der Waals surface area (Å²) in [6.45, 7) is 2.15. The van der Waals surface area contributed by atoms with Gasteiger partial charge in [0.1, 0.15) is 11.2 Å². The molecule has 146 valence electrons.